The van der Waals surface area contributed by atoms with Crippen molar-refractivity contribution in [2.24, 2.45) is 4.99 Å². The zero-order valence-corrected chi connectivity index (χ0v) is 13.5. The number of phenols is 1. The molecule has 5 nitrogen and oxygen atoms in total. The van der Waals surface area contributed by atoms with Gasteiger partial charge < -0.3 is 14.6 Å². The van der Waals surface area contributed by atoms with Crippen molar-refractivity contribution in [2.45, 2.75) is 18.6 Å². The number of hydrogen-bond acceptors (Lipinski definition) is 6. The topological polar surface area (TPSA) is 83.0 Å². The third kappa shape index (κ3) is 3.42. The Kier molecular flexibility index (Phi) is 4.43. The van der Waals surface area contributed by atoms with Gasteiger partial charge in [0.25, 0.3) is 0 Å². The minimum Gasteiger partial charge on any atom is -0.508 e. The number of thioether (sulfide) groups is 1. The number of benzene rings is 1. The molecule has 0 aliphatic carbocycles. The number of phenolic OH excluding ortho intramolecular Hbond substituents is 1. The molecule has 2 N–H and O–H groups in total. The molecule has 2 heterocycles. The van der Waals surface area contributed by atoms with E-state index in [9.17, 15) is 15.0 Å². The van der Waals surface area contributed by atoms with Crippen LogP contribution in [0.2, 0.25) is 0 Å². The highest BCUT2D eigenvalue weighted by Gasteiger charge is 2.23. The van der Waals surface area contributed by atoms with E-state index in [1.165, 1.54) is 6.07 Å². The van der Waals surface area contributed by atoms with Crippen molar-refractivity contribution in [1.82, 2.24) is 0 Å². The second-order valence-corrected chi connectivity index (χ2v) is 6.70. The summed E-state index contributed by atoms with van der Waals surface area (Å²) in [4.78, 5) is 16.6. The monoisotopic (exact) mass is 331 g/mol. The van der Waals surface area contributed by atoms with E-state index in [0.29, 0.717) is 24.4 Å². The van der Waals surface area contributed by atoms with Gasteiger partial charge in [0.15, 0.2) is 0 Å². The Hall–Kier alpha value is -2.21. The lowest BCUT2D eigenvalue weighted by atomic mass is 10.0. The summed E-state index contributed by atoms with van der Waals surface area (Å²) in [5.74, 6) is 1.33. The lowest BCUT2D eigenvalue weighted by Crippen LogP contribution is -2.17. The summed E-state index contributed by atoms with van der Waals surface area (Å²) < 4.78 is 5.10. The fourth-order valence-electron chi connectivity index (χ4n) is 2.62. The first kappa shape index (κ1) is 15.7. The average Bonchev–Trinajstić information content (AvgIpc) is 2.73. The molecule has 0 unspecified atom stereocenters. The van der Waals surface area contributed by atoms with E-state index in [1.807, 2.05) is 12.1 Å². The zero-order valence-electron chi connectivity index (χ0n) is 12.7. The van der Waals surface area contributed by atoms with E-state index >= 15 is 0 Å². The molecule has 120 valence electrons. The van der Waals surface area contributed by atoms with Crippen molar-refractivity contribution in [2.75, 3.05) is 12.3 Å². The molecule has 6 heteroatoms. The molecule has 0 amide bonds. The van der Waals surface area contributed by atoms with Gasteiger partial charge in [0, 0.05) is 30.0 Å². The van der Waals surface area contributed by atoms with E-state index < -0.39 is 5.63 Å². The van der Waals surface area contributed by atoms with Crippen molar-refractivity contribution in [3.63, 3.8) is 0 Å². The van der Waals surface area contributed by atoms with Crippen LogP contribution < -0.4 is 5.63 Å². The Bertz CT molecular complexity index is 795. The van der Waals surface area contributed by atoms with Crippen LogP contribution >= 0.6 is 11.8 Å². The molecule has 0 bridgehead atoms. The van der Waals surface area contributed by atoms with Crippen molar-refractivity contribution < 1.29 is 14.6 Å². The van der Waals surface area contributed by atoms with Gasteiger partial charge in [-0.15, -0.1) is 0 Å². The summed E-state index contributed by atoms with van der Waals surface area (Å²) in [6.45, 7) is 2.20. The number of aryl methyl sites for hydroxylation is 1. The molecule has 0 radical (unpaired) electrons. The van der Waals surface area contributed by atoms with Gasteiger partial charge in [0.05, 0.1) is 5.71 Å². The van der Waals surface area contributed by atoms with Crippen molar-refractivity contribution >= 4 is 17.5 Å². The Morgan fingerprint density at radius 3 is 2.70 bits per heavy atom. The molecule has 0 saturated heterocycles. The highest BCUT2D eigenvalue weighted by Crippen LogP contribution is 2.36. The molecule has 0 spiro atoms. The number of nitrogens with zero attached hydrogens (tertiary/aromatic N) is 1. The first-order valence-corrected chi connectivity index (χ1v) is 8.37. The van der Waals surface area contributed by atoms with Gasteiger partial charge in [0.2, 0.25) is 0 Å². The molecule has 0 fully saturated rings. The van der Waals surface area contributed by atoms with Crippen molar-refractivity contribution in [1.29, 1.82) is 0 Å². The fraction of sp³-hybridized carbons (Fsp3) is 0.294. The first-order chi connectivity index (χ1) is 11.0. The molecule has 2 aromatic rings. The summed E-state index contributed by atoms with van der Waals surface area (Å²) in [7, 11) is 0. The average molecular weight is 331 g/mol. The van der Waals surface area contributed by atoms with Crippen LogP contribution in [0.25, 0.3) is 0 Å². The maximum absolute atomic E-state index is 12.1. The standard InChI is InChI=1S/C17H17NO4S/c1-10-8-14(20)16(17(21)22-10)13-9-15(23-7-6-18-13)11-2-4-12(19)5-3-11/h2-5,8,15,19-20H,6-7,9H2,1H3/t15-/m0/s1. The maximum atomic E-state index is 12.1. The number of aliphatic imine (C=N–C) groups is 1. The molecule has 1 aliphatic rings. The van der Waals surface area contributed by atoms with Crippen molar-refractivity contribution in [3.05, 3.63) is 57.6 Å². The summed E-state index contributed by atoms with van der Waals surface area (Å²) in [5, 5.41) is 19.7. The lowest BCUT2D eigenvalue weighted by Gasteiger charge is -2.15. The highest BCUT2D eigenvalue weighted by atomic mass is 32.2. The number of rotatable bonds is 2. The molecule has 23 heavy (non-hydrogen) atoms. The van der Waals surface area contributed by atoms with Crippen LogP contribution in [0.1, 0.15) is 28.6 Å². The summed E-state index contributed by atoms with van der Waals surface area (Å²) >= 11 is 1.75. The van der Waals surface area contributed by atoms with Crippen molar-refractivity contribution in [3.8, 4) is 11.5 Å². The maximum Gasteiger partial charge on any atom is 0.348 e. The van der Waals surface area contributed by atoms with E-state index in [4.69, 9.17) is 4.42 Å². The largest absolute Gasteiger partial charge is 0.508 e. The minimum atomic E-state index is -0.558. The third-order valence-corrected chi connectivity index (χ3v) is 4.96. The fourth-order valence-corrected chi connectivity index (χ4v) is 3.73. The second kappa shape index (κ2) is 6.50. The summed E-state index contributed by atoms with van der Waals surface area (Å²) in [6.07, 6.45) is 0.525. The van der Waals surface area contributed by atoms with Gasteiger partial charge in [-0.2, -0.15) is 11.8 Å². The van der Waals surface area contributed by atoms with Crippen LogP contribution in [0.3, 0.4) is 0 Å². The Morgan fingerprint density at radius 2 is 2.00 bits per heavy atom. The van der Waals surface area contributed by atoms with E-state index in [2.05, 4.69) is 4.99 Å². The highest BCUT2D eigenvalue weighted by molar-refractivity contribution is 7.99. The van der Waals surface area contributed by atoms with Gasteiger partial charge in [-0.3, -0.25) is 4.99 Å². The van der Waals surface area contributed by atoms with E-state index in [-0.39, 0.29) is 22.3 Å². The zero-order chi connectivity index (χ0) is 16.4. The Morgan fingerprint density at radius 1 is 1.26 bits per heavy atom. The van der Waals surface area contributed by atoms with Gasteiger partial charge in [-0.25, -0.2) is 4.79 Å². The van der Waals surface area contributed by atoms with Crippen LogP contribution in [0.15, 0.2) is 44.5 Å². The molecular weight excluding hydrogens is 314 g/mol. The van der Waals surface area contributed by atoms with Gasteiger partial charge >= 0.3 is 5.63 Å². The first-order valence-electron chi connectivity index (χ1n) is 7.32. The molecular formula is C17H17NO4S. The minimum absolute atomic E-state index is 0.0890. The number of hydrogen-bond donors (Lipinski definition) is 2. The second-order valence-electron chi connectivity index (χ2n) is 5.39. The van der Waals surface area contributed by atoms with Gasteiger partial charge in [0.1, 0.15) is 22.8 Å². The van der Waals surface area contributed by atoms with Crippen LogP contribution in [-0.4, -0.2) is 28.2 Å². The molecule has 0 saturated carbocycles. The van der Waals surface area contributed by atoms with E-state index in [1.54, 1.807) is 30.8 Å². The smallest absolute Gasteiger partial charge is 0.348 e. The quantitative estimate of drug-likeness (QED) is 0.884. The predicted molar refractivity (Wildman–Crippen MR) is 90.7 cm³/mol. The van der Waals surface area contributed by atoms with Gasteiger partial charge in [-0.05, 0) is 24.6 Å². The molecule has 1 atom stereocenters. The van der Waals surface area contributed by atoms with Gasteiger partial charge in [-0.1, -0.05) is 12.1 Å². The predicted octanol–water partition coefficient (Wildman–Crippen LogP) is 3.03. The summed E-state index contributed by atoms with van der Waals surface area (Å²) in [6, 6.07) is 8.47. The van der Waals surface area contributed by atoms with Crippen LogP contribution in [0.5, 0.6) is 11.5 Å². The lowest BCUT2D eigenvalue weighted by molar-refractivity contribution is 0.432. The van der Waals surface area contributed by atoms with Crippen LogP contribution in [0.4, 0.5) is 0 Å². The molecule has 1 aromatic carbocycles. The SMILES string of the molecule is Cc1cc(O)c(C2=NCCS[C@H](c3ccc(O)cc3)C2)c(=O)o1. The molecule has 3 rings (SSSR count). The Balaban J connectivity index is 1.95. The molecule has 1 aliphatic heterocycles. The third-order valence-electron chi connectivity index (χ3n) is 3.70. The normalized spacial score (nSPS) is 18.3. The Labute approximate surface area is 137 Å². The number of aromatic hydroxyl groups is 2. The van der Waals surface area contributed by atoms with Crippen LogP contribution in [-0.2, 0) is 0 Å². The van der Waals surface area contributed by atoms with Crippen LogP contribution in [0, 0.1) is 6.92 Å². The summed E-state index contributed by atoms with van der Waals surface area (Å²) in [5.41, 5.74) is 1.22. The molecule has 1 aromatic heterocycles. The van der Waals surface area contributed by atoms with E-state index in [0.717, 1.165) is 11.3 Å².